The summed E-state index contributed by atoms with van der Waals surface area (Å²) in [5.74, 6) is 1.17. The van der Waals surface area contributed by atoms with Crippen molar-refractivity contribution >= 4 is 33.9 Å². The zero-order valence-electron chi connectivity index (χ0n) is 22.0. The number of nitrogens with zero attached hydrogens (tertiary/aromatic N) is 1. The average molecular weight is 516 g/mol. The smallest absolute Gasteiger partial charge is 0.253 e. The summed E-state index contributed by atoms with van der Waals surface area (Å²) < 4.78 is 10.8. The average Bonchev–Trinajstić information content (AvgIpc) is 2.88. The standard InChI is InChI=1S/C30H33N3O3S/c1-19-10-11-25(21(3)14-19)32-30(37)33(13-12-22-9-7-6-8-20(22)2)18-24-15-23-16-27(35-4)28(36-5)17-26(23)31-29(24)34/h6-11,14-17H,12-13,18H2,1-5H3,(H,31,34)(H,32,37). The molecule has 3 aromatic carbocycles. The van der Waals surface area contributed by atoms with Gasteiger partial charge in [-0.25, -0.2) is 0 Å². The SMILES string of the molecule is COc1cc2cc(CN(CCc3ccccc3C)C(=S)Nc3ccc(C)cc3C)c(=O)[nH]c2cc1OC. The third kappa shape index (κ3) is 6.12. The van der Waals surface area contributed by atoms with Crippen LogP contribution in [0.3, 0.4) is 0 Å². The molecule has 6 nitrogen and oxygen atoms in total. The zero-order valence-corrected chi connectivity index (χ0v) is 22.8. The summed E-state index contributed by atoms with van der Waals surface area (Å²) in [6.45, 7) is 7.26. The normalized spacial score (nSPS) is 10.8. The predicted molar refractivity (Wildman–Crippen MR) is 155 cm³/mol. The Morgan fingerprint density at radius 2 is 1.65 bits per heavy atom. The van der Waals surface area contributed by atoms with Gasteiger partial charge in [-0.2, -0.15) is 0 Å². The van der Waals surface area contributed by atoms with Gasteiger partial charge < -0.3 is 24.7 Å². The van der Waals surface area contributed by atoms with E-state index >= 15 is 0 Å². The highest BCUT2D eigenvalue weighted by Crippen LogP contribution is 2.31. The maximum atomic E-state index is 13.1. The first-order valence-electron chi connectivity index (χ1n) is 12.2. The third-order valence-electron chi connectivity index (χ3n) is 6.61. The van der Waals surface area contributed by atoms with E-state index in [2.05, 4.69) is 66.3 Å². The van der Waals surface area contributed by atoms with Gasteiger partial charge in [0.25, 0.3) is 5.56 Å². The number of hydrogen-bond acceptors (Lipinski definition) is 4. The molecule has 37 heavy (non-hydrogen) atoms. The second-order valence-electron chi connectivity index (χ2n) is 9.26. The molecular weight excluding hydrogens is 482 g/mol. The van der Waals surface area contributed by atoms with Crippen LogP contribution in [0, 0.1) is 20.8 Å². The predicted octanol–water partition coefficient (Wildman–Crippen LogP) is 5.91. The van der Waals surface area contributed by atoms with E-state index in [0.717, 1.165) is 23.1 Å². The highest BCUT2D eigenvalue weighted by Gasteiger charge is 2.16. The number of aromatic amines is 1. The monoisotopic (exact) mass is 515 g/mol. The number of aryl methyl sites for hydroxylation is 3. The summed E-state index contributed by atoms with van der Waals surface area (Å²) in [6, 6.07) is 20.1. The lowest BCUT2D eigenvalue weighted by Gasteiger charge is -2.27. The summed E-state index contributed by atoms with van der Waals surface area (Å²) >= 11 is 5.87. The molecule has 2 N–H and O–H groups in total. The number of pyridine rings is 1. The van der Waals surface area contributed by atoms with Gasteiger partial charge in [0.1, 0.15) is 0 Å². The molecule has 0 radical (unpaired) electrons. The van der Waals surface area contributed by atoms with Crippen LogP contribution in [-0.2, 0) is 13.0 Å². The molecule has 192 valence electrons. The number of ether oxygens (including phenoxy) is 2. The molecule has 0 fully saturated rings. The molecule has 0 unspecified atom stereocenters. The number of hydrogen-bond donors (Lipinski definition) is 2. The maximum absolute atomic E-state index is 13.1. The van der Waals surface area contributed by atoms with E-state index in [-0.39, 0.29) is 5.56 Å². The number of fused-ring (bicyclic) bond motifs is 1. The van der Waals surface area contributed by atoms with Crippen LogP contribution in [-0.4, -0.2) is 35.8 Å². The molecule has 0 bridgehead atoms. The van der Waals surface area contributed by atoms with E-state index in [9.17, 15) is 4.79 Å². The first-order valence-corrected chi connectivity index (χ1v) is 12.7. The molecule has 0 saturated carbocycles. The molecule has 1 heterocycles. The first kappa shape index (κ1) is 26.2. The fourth-order valence-corrected chi connectivity index (χ4v) is 4.71. The Balaban J connectivity index is 1.66. The van der Waals surface area contributed by atoms with Gasteiger partial charge in [-0.15, -0.1) is 0 Å². The Morgan fingerprint density at radius 3 is 2.35 bits per heavy atom. The maximum Gasteiger partial charge on any atom is 0.253 e. The number of H-pyrrole nitrogens is 1. The molecule has 0 spiro atoms. The van der Waals surface area contributed by atoms with Gasteiger partial charge >= 0.3 is 0 Å². The molecule has 0 aliphatic heterocycles. The van der Waals surface area contributed by atoms with Crippen molar-refractivity contribution in [2.24, 2.45) is 0 Å². The van der Waals surface area contributed by atoms with Gasteiger partial charge in [0.05, 0.1) is 26.3 Å². The Bertz CT molecular complexity index is 1500. The van der Waals surface area contributed by atoms with Crippen molar-refractivity contribution in [1.29, 1.82) is 0 Å². The van der Waals surface area contributed by atoms with Crippen LogP contribution in [0.4, 0.5) is 5.69 Å². The number of benzene rings is 3. The molecule has 4 rings (SSSR count). The Kier molecular flexibility index (Phi) is 8.14. The first-order chi connectivity index (χ1) is 17.8. The zero-order chi connectivity index (χ0) is 26.5. The van der Waals surface area contributed by atoms with E-state index in [1.54, 1.807) is 20.3 Å². The number of thiocarbonyl (C=S) groups is 1. The fraction of sp³-hybridized carbons (Fsp3) is 0.267. The van der Waals surface area contributed by atoms with Crippen molar-refractivity contribution in [3.05, 3.63) is 98.8 Å². The molecular formula is C30H33N3O3S. The van der Waals surface area contributed by atoms with Crippen LogP contribution in [0.5, 0.6) is 11.5 Å². The van der Waals surface area contributed by atoms with Crippen molar-refractivity contribution in [1.82, 2.24) is 9.88 Å². The van der Waals surface area contributed by atoms with Crippen molar-refractivity contribution in [2.75, 3.05) is 26.1 Å². The van der Waals surface area contributed by atoms with E-state index < -0.39 is 0 Å². The van der Waals surface area contributed by atoms with Gasteiger partial charge in [-0.1, -0.05) is 42.0 Å². The van der Waals surface area contributed by atoms with Crippen LogP contribution < -0.4 is 20.3 Å². The quantitative estimate of drug-likeness (QED) is 0.284. The summed E-state index contributed by atoms with van der Waals surface area (Å²) in [7, 11) is 3.17. The van der Waals surface area contributed by atoms with E-state index in [1.165, 1.54) is 16.7 Å². The lowest BCUT2D eigenvalue weighted by molar-refractivity contribution is 0.355. The van der Waals surface area contributed by atoms with E-state index in [0.29, 0.717) is 40.8 Å². The van der Waals surface area contributed by atoms with Crippen LogP contribution in [0.1, 0.15) is 27.8 Å². The van der Waals surface area contributed by atoms with Crippen molar-refractivity contribution < 1.29 is 9.47 Å². The summed E-state index contributed by atoms with van der Waals surface area (Å²) in [5, 5.41) is 4.84. The minimum atomic E-state index is -0.157. The number of nitrogens with one attached hydrogen (secondary N) is 2. The molecule has 4 aromatic rings. The lowest BCUT2D eigenvalue weighted by Crippen LogP contribution is -2.37. The van der Waals surface area contributed by atoms with Crippen molar-refractivity contribution in [3.63, 3.8) is 0 Å². The number of anilines is 1. The Morgan fingerprint density at radius 1 is 0.919 bits per heavy atom. The molecule has 1 aromatic heterocycles. The molecule has 0 aliphatic rings. The second kappa shape index (κ2) is 11.5. The third-order valence-corrected chi connectivity index (χ3v) is 6.97. The minimum Gasteiger partial charge on any atom is -0.493 e. The summed E-state index contributed by atoms with van der Waals surface area (Å²) in [5.41, 5.74) is 6.91. The molecule has 7 heteroatoms. The fourth-order valence-electron chi connectivity index (χ4n) is 4.45. The van der Waals surface area contributed by atoms with Crippen LogP contribution >= 0.6 is 12.2 Å². The molecule has 0 saturated heterocycles. The van der Waals surface area contributed by atoms with E-state index in [1.807, 2.05) is 24.3 Å². The minimum absolute atomic E-state index is 0.157. The molecule has 0 atom stereocenters. The Hall–Kier alpha value is -3.84. The number of methoxy groups -OCH3 is 2. The molecule has 0 aliphatic carbocycles. The topological polar surface area (TPSA) is 66.6 Å². The van der Waals surface area contributed by atoms with Gasteiger partial charge in [-0.3, -0.25) is 4.79 Å². The van der Waals surface area contributed by atoms with Crippen LogP contribution in [0.2, 0.25) is 0 Å². The summed E-state index contributed by atoms with van der Waals surface area (Å²) in [6.07, 6.45) is 0.803. The highest BCUT2D eigenvalue weighted by molar-refractivity contribution is 7.80. The number of rotatable bonds is 8. The van der Waals surface area contributed by atoms with Gasteiger partial charge in [-0.05, 0) is 74.3 Å². The van der Waals surface area contributed by atoms with Gasteiger partial charge in [0.2, 0.25) is 0 Å². The number of aromatic nitrogens is 1. The highest BCUT2D eigenvalue weighted by atomic mass is 32.1. The van der Waals surface area contributed by atoms with Gasteiger partial charge in [0, 0.05) is 29.2 Å². The summed E-state index contributed by atoms with van der Waals surface area (Å²) in [4.78, 5) is 18.2. The van der Waals surface area contributed by atoms with Crippen LogP contribution in [0.25, 0.3) is 10.9 Å². The van der Waals surface area contributed by atoms with Gasteiger partial charge in [0.15, 0.2) is 16.6 Å². The molecule has 0 amide bonds. The Labute approximate surface area is 223 Å². The van der Waals surface area contributed by atoms with Crippen molar-refractivity contribution in [3.8, 4) is 11.5 Å². The van der Waals surface area contributed by atoms with Crippen LogP contribution in [0.15, 0.2) is 65.5 Å². The van der Waals surface area contributed by atoms with Crippen molar-refractivity contribution in [2.45, 2.75) is 33.7 Å². The van der Waals surface area contributed by atoms with E-state index in [4.69, 9.17) is 21.7 Å². The second-order valence-corrected chi connectivity index (χ2v) is 9.65. The lowest BCUT2D eigenvalue weighted by atomic mass is 10.1. The largest absolute Gasteiger partial charge is 0.493 e.